The molecule has 1 aliphatic rings. The Morgan fingerprint density at radius 2 is 1.98 bits per heavy atom. The number of aromatic nitrogens is 4. The summed E-state index contributed by atoms with van der Waals surface area (Å²) in [5.41, 5.74) is 6.57. The van der Waals surface area contributed by atoms with E-state index in [9.17, 15) is 19.3 Å². The second-order valence-corrected chi connectivity index (χ2v) is 14.7. The monoisotopic (exact) mass is 685 g/mol. The van der Waals surface area contributed by atoms with Gasteiger partial charge in [0.25, 0.3) is 0 Å². The molecule has 45 heavy (non-hydrogen) atoms. The first-order valence-corrected chi connectivity index (χ1v) is 16.8. The van der Waals surface area contributed by atoms with E-state index in [-0.39, 0.29) is 43.0 Å². The maximum atomic E-state index is 13.9. The molecule has 2 aromatic heterocycles. The zero-order valence-corrected chi connectivity index (χ0v) is 27.7. The third-order valence-electron chi connectivity index (χ3n) is 7.08. The average Bonchev–Trinajstić information content (AvgIpc) is 3.55. The summed E-state index contributed by atoms with van der Waals surface area (Å²) in [4.78, 5) is 35.2. The fourth-order valence-electron chi connectivity index (χ4n) is 4.40. The molecule has 0 bridgehead atoms. The number of nitrogen functional groups attached to an aromatic ring is 1. The fourth-order valence-corrected chi connectivity index (χ4v) is 6.94. The van der Waals surface area contributed by atoms with Crippen LogP contribution in [0.4, 0.5) is 10.6 Å². The molecule has 0 radical (unpaired) electrons. The van der Waals surface area contributed by atoms with Crippen LogP contribution in [0, 0.1) is 5.41 Å². The molecule has 1 aromatic carbocycles. The number of carbonyl (C=O) groups excluding carboxylic acids is 2. The Hall–Kier alpha value is -2.82. The van der Waals surface area contributed by atoms with Crippen LogP contribution in [0.5, 0.6) is 0 Å². The second kappa shape index (κ2) is 14.7. The molecular formula is C27H37ClN7O8PS. The van der Waals surface area contributed by atoms with Crippen LogP contribution in [-0.4, -0.2) is 85.5 Å². The molecule has 15 nitrogen and oxygen atoms in total. The number of imidazole rings is 1. The Morgan fingerprint density at radius 1 is 1.24 bits per heavy atom. The molecule has 18 heteroatoms. The van der Waals surface area contributed by atoms with Crippen LogP contribution in [0.15, 0.2) is 43.0 Å². The van der Waals surface area contributed by atoms with E-state index in [4.69, 9.17) is 31.1 Å². The maximum absolute atomic E-state index is 13.9. The number of nitrogens with zero attached hydrogens (tertiary/aromatic N) is 4. The largest absolute Gasteiger partial charge is 0.453 e. The van der Waals surface area contributed by atoms with Gasteiger partial charge < -0.3 is 25.6 Å². The third kappa shape index (κ3) is 8.51. The first kappa shape index (κ1) is 35.0. The SMILES string of the molecule is COC(=O)NCC(C)(C)C(=O)SCCO[P@@](=O)(NCc1ccccc1)OC[C@H]1O[C@@H](n2cnc3c(N)ncnc32)[C@](C)(Cl)[C@@H]1O. The molecular weight excluding hydrogens is 649 g/mol. The maximum Gasteiger partial charge on any atom is 0.406 e. The molecule has 5 N–H and O–H groups in total. The lowest BCUT2D eigenvalue weighted by molar-refractivity contribution is -0.117. The van der Waals surface area contributed by atoms with Crippen molar-refractivity contribution in [3.05, 3.63) is 48.5 Å². The standard InChI is InChI=1S/C27H37ClN7O8PS/c1-26(2,14-30-25(38)40-4)24(37)45-11-10-41-44(39,34-12-17-8-6-5-7-9-17)42-13-18-20(36)27(3,28)23(43-18)35-16-33-19-21(29)31-15-32-22(19)35/h5-9,15-16,18,20,23,36H,10-14H2,1-4H3,(H,30,38)(H,34,39)(H2,29,31,32)/t18-,20-,23-,27-,44+/m1/s1. The highest BCUT2D eigenvalue weighted by atomic mass is 35.5. The first-order valence-electron chi connectivity index (χ1n) is 13.9. The number of benzene rings is 1. The molecule has 1 amide bonds. The number of ether oxygens (including phenoxy) is 2. The number of hydrogen-bond acceptors (Lipinski definition) is 13. The number of alkyl halides is 1. The summed E-state index contributed by atoms with van der Waals surface area (Å²) in [7, 11) is -2.76. The molecule has 3 aromatic rings. The van der Waals surface area contributed by atoms with Gasteiger partial charge in [-0.1, -0.05) is 55.9 Å². The summed E-state index contributed by atoms with van der Waals surface area (Å²) in [6.07, 6.45) is -1.11. The molecule has 246 valence electrons. The number of thioether (sulfide) groups is 1. The number of rotatable bonds is 14. The lowest BCUT2D eigenvalue weighted by Gasteiger charge is -2.26. The van der Waals surface area contributed by atoms with E-state index in [1.165, 1.54) is 19.8 Å². The Labute approximate surface area is 269 Å². The number of halogens is 1. The minimum Gasteiger partial charge on any atom is -0.453 e. The second-order valence-electron chi connectivity index (χ2n) is 11.0. The summed E-state index contributed by atoms with van der Waals surface area (Å²) in [5.74, 6) is 0.335. The van der Waals surface area contributed by atoms with Crippen LogP contribution in [0.2, 0.25) is 0 Å². The van der Waals surface area contributed by atoms with E-state index < -0.39 is 42.6 Å². The van der Waals surface area contributed by atoms with E-state index in [0.29, 0.717) is 11.2 Å². The van der Waals surface area contributed by atoms with E-state index in [2.05, 4.69) is 30.1 Å². The van der Waals surface area contributed by atoms with Gasteiger partial charge in [-0.25, -0.2) is 29.4 Å². The average molecular weight is 686 g/mol. The number of aliphatic hydroxyl groups is 1. The van der Waals surface area contributed by atoms with Crippen molar-refractivity contribution >= 4 is 59.3 Å². The number of aliphatic hydroxyl groups excluding tert-OH is 1. The van der Waals surface area contributed by atoms with Crippen molar-refractivity contribution in [2.75, 3.05) is 38.4 Å². The van der Waals surface area contributed by atoms with Crippen molar-refractivity contribution in [3.63, 3.8) is 0 Å². The summed E-state index contributed by atoms with van der Waals surface area (Å²) in [6.45, 7) is 4.75. The molecule has 1 saturated heterocycles. The Balaban J connectivity index is 1.40. The van der Waals surface area contributed by atoms with Gasteiger partial charge in [-0.05, 0) is 12.5 Å². The molecule has 0 spiro atoms. The van der Waals surface area contributed by atoms with Crippen LogP contribution in [-0.2, 0) is 34.4 Å². The summed E-state index contributed by atoms with van der Waals surface area (Å²) in [5, 5.41) is 16.3. The van der Waals surface area contributed by atoms with E-state index in [0.717, 1.165) is 17.3 Å². The Bertz CT molecular complexity index is 1530. The number of alkyl carbamates (subject to hydrolysis) is 1. The molecule has 0 aliphatic carbocycles. The van der Waals surface area contributed by atoms with Crippen molar-refractivity contribution in [1.29, 1.82) is 0 Å². The lowest BCUT2D eigenvalue weighted by atomic mass is 9.96. The highest BCUT2D eigenvalue weighted by Gasteiger charge is 2.54. The molecule has 5 atom stereocenters. The van der Waals surface area contributed by atoms with Crippen molar-refractivity contribution < 1.29 is 37.8 Å². The summed E-state index contributed by atoms with van der Waals surface area (Å²) < 4.78 is 37.5. The zero-order valence-electron chi connectivity index (χ0n) is 25.2. The number of methoxy groups -OCH3 is 1. The number of fused-ring (bicyclic) bond motifs is 1. The number of nitrogens with one attached hydrogen (secondary N) is 2. The number of hydrogen-bond donors (Lipinski definition) is 4. The van der Waals surface area contributed by atoms with Crippen LogP contribution in [0.3, 0.4) is 0 Å². The van der Waals surface area contributed by atoms with Crippen LogP contribution >= 0.6 is 31.1 Å². The van der Waals surface area contributed by atoms with Crippen molar-refractivity contribution in [3.8, 4) is 0 Å². The van der Waals surface area contributed by atoms with Crippen molar-refractivity contribution in [1.82, 2.24) is 29.9 Å². The molecule has 1 fully saturated rings. The van der Waals surface area contributed by atoms with E-state index in [1.54, 1.807) is 25.3 Å². The number of nitrogens with two attached hydrogens (primary N) is 1. The molecule has 3 heterocycles. The predicted molar refractivity (Wildman–Crippen MR) is 168 cm³/mol. The van der Waals surface area contributed by atoms with Gasteiger partial charge in [0.05, 0.1) is 32.1 Å². The predicted octanol–water partition coefficient (Wildman–Crippen LogP) is 3.24. The van der Waals surface area contributed by atoms with Gasteiger partial charge in [-0.2, -0.15) is 0 Å². The third-order valence-corrected chi connectivity index (χ3v) is 10.2. The van der Waals surface area contributed by atoms with E-state index >= 15 is 0 Å². The van der Waals surface area contributed by atoms with Gasteiger partial charge in [0.1, 0.15) is 28.9 Å². The minimum atomic E-state index is -4.00. The number of amides is 1. The van der Waals surface area contributed by atoms with Gasteiger partial charge in [-0.3, -0.25) is 18.4 Å². The van der Waals surface area contributed by atoms with Crippen molar-refractivity contribution in [2.45, 2.75) is 50.6 Å². The molecule has 0 unspecified atom stereocenters. The minimum absolute atomic E-state index is 0.0754. The molecule has 0 saturated carbocycles. The van der Waals surface area contributed by atoms with Gasteiger partial charge in [0.15, 0.2) is 22.8 Å². The van der Waals surface area contributed by atoms with E-state index in [1.807, 2.05) is 30.3 Å². The quantitative estimate of drug-likeness (QED) is 0.109. The first-order chi connectivity index (χ1) is 21.3. The van der Waals surface area contributed by atoms with Gasteiger partial charge in [0.2, 0.25) is 0 Å². The van der Waals surface area contributed by atoms with Crippen molar-refractivity contribution in [2.24, 2.45) is 5.41 Å². The number of anilines is 1. The fraction of sp³-hybridized carbons (Fsp3) is 0.519. The lowest BCUT2D eigenvalue weighted by Crippen LogP contribution is -2.40. The zero-order chi connectivity index (χ0) is 32.8. The summed E-state index contributed by atoms with van der Waals surface area (Å²) >= 11 is 7.76. The van der Waals surface area contributed by atoms with Crippen LogP contribution in [0.25, 0.3) is 11.2 Å². The normalized spacial score (nSPS) is 23.1. The Kier molecular flexibility index (Phi) is 11.5. The summed E-state index contributed by atoms with van der Waals surface area (Å²) in [6, 6.07) is 9.22. The smallest absolute Gasteiger partial charge is 0.406 e. The van der Waals surface area contributed by atoms with Gasteiger partial charge in [-0.15, -0.1) is 11.6 Å². The van der Waals surface area contributed by atoms with Gasteiger partial charge in [0, 0.05) is 18.8 Å². The highest BCUT2D eigenvalue weighted by Crippen LogP contribution is 2.48. The van der Waals surface area contributed by atoms with Crippen LogP contribution < -0.4 is 16.1 Å². The molecule has 4 rings (SSSR count). The number of carbonyl (C=O) groups is 2. The Morgan fingerprint density at radius 3 is 2.69 bits per heavy atom. The molecule has 1 aliphatic heterocycles. The van der Waals surface area contributed by atoms with Crippen LogP contribution in [0.1, 0.15) is 32.6 Å². The van der Waals surface area contributed by atoms with Gasteiger partial charge >= 0.3 is 13.8 Å². The highest BCUT2D eigenvalue weighted by molar-refractivity contribution is 8.13. The topological polar surface area (TPSA) is 202 Å².